The SMILES string of the molecule is Nc1c(C(=O)OCc2ccccc2)c2nc3ccccc3nc2n1-c1cccc(F)c1. The topological polar surface area (TPSA) is 83.0 Å². The molecule has 2 N–H and O–H groups in total. The predicted molar refractivity (Wildman–Crippen MR) is 116 cm³/mol. The Morgan fingerprint density at radius 3 is 2.39 bits per heavy atom. The van der Waals surface area contributed by atoms with Crippen LogP contribution in [-0.4, -0.2) is 20.5 Å². The van der Waals surface area contributed by atoms with E-state index < -0.39 is 11.8 Å². The molecule has 0 fully saturated rings. The fourth-order valence-electron chi connectivity index (χ4n) is 3.53. The molecule has 2 heterocycles. The highest BCUT2D eigenvalue weighted by Gasteiger charge is 2.26. The van der Waals surface area contributed by atoms with Crippen LogP contribution >= 0.6 is 0 Å². The van der Waals surface area contributed by atoms with Crippen molar-refractivity contribution in [2.24, 2.45) is 0 Å². The van der Waals surface area contributed by atoms with Crippen LogP contribution in [0.25, 0.3) is 27.9 Å². The average Bonchev–Trinajstić information content (AvgIpc) is 3.07. The molecule has 5 aromatic rings. The molecule has 6 nitrogen and oxygen atoms in total. The fourth-order valence-corrected chi connectivity index (χ4v) is 3.53. The molecule has 152 valence electrons. The van der Waals surface area contributed by atoms with Crippen LogP contribution in [0, 0.1) is 5.82 Å². The quantitative estimate of drug-likeness (QED) is 0.435. The number of halogens is 1. The Bertz CT molecular complexity index is 1430. The number of carbonyl (C=O) groups excluding carboxylic acids is 1. The van der Waals surface area contributed by atoms with E-state index in [0.29, 0.717) is 27.9 Å². The highest BCUT2D eigenvalue weighted by molar-refractivity contribution is 6.09. The van der Waals surface area contributed by atoms with E-state index in [2.05, 4.69) is 9.97 Å². The maximum Gasteiger partial charge on any atom is 0.344 e. The maximum absolute atomic E-state index is 13.9. The van der Waals surface area contributed by atoms with Gasteiger partial charge in [0.1, 0.15) is 29.3 Å². The van der Waals surface area contributed by atoms with Crippen molar-refractivity contribution >= 4 is 34.0 Å². The Morgan fingerprint density at radius 1 is 0.935 bits per heavy atom. The van der Waals surface area contributed by atoms with Gasteiger partial charge in [-0.1, -0.05) is 48.5 Å². The van der Waals surface area contributed by atoms with Crippen LogP contribution in [0.3, 0.4) is 0 Å². The van der Waals surface area contributed by atoms with Crippen molar-refractivity contribution in [3.05, 3.63) is 95.8 Å². The molecule has 0 bridgehead atoms. The molecule has 0 aliphatic heterocycles. The number of para-hydroxylation sites is 2. The second kappa shape index (κ2) is 7.53. The standard InChI is InChI=1S/C24H17FN4O2/c25-16-9-6-10-17(13-16)29-22(26)20(24(30)31-14-15-7-2-1-3-8-15)21-23(29)28-19-12-5-4-11-18(19)27-21/h1-13H,14,26H2. The van der Waals surface area contributed by atoms with Gasteiger partial charge in [-0.15, -0.1) is 0 Å². The lowest BCUT2D eigenvalue weighted by atomic mass is 10.2. The van der Waals surface area contributed by atoms with Crippen LogP contribution in [0.15, 0.2) is 78.9 Å². The minimum atomic E-state index is -0.619. The Labute approximate surface area is 176 Å². The summed E-state index contributed by atoms with van der Waals surface area (Å²) in [4.78, 5) is 22.3. The number of hydrogen-bond acceptors (Lipinski definition) is 5. The molecule has 3 aromatic carbocycles. The van der Waals surface area contributed by atoms with Crippen molar-refractivity contribution in [1.82, 2.24) is 14.5 Å². The van der Waals surface area contributed by atoms with Crippen LogP contribution in [0.4, 0.5) is 10.2 Å². The summed E-state index contributed by atoms with van der Waals surface area (Å²) in [7, 11) is 0. The summed E-state index contributed by atoms with van der Waals surface area (Å²) in [5, 5.41) is 0. The van der Waals surface area contributed by atoms with Crippen molar-refractivity contribution in [2.75, 3.05) is 5.73 Å². The predicted octanol–water partition coefficient (Wildman–Crippen LogP) is 4.65. The van der Waals surface area contributed by atoms with Crippen LogP contribution in [-0.2, 0) is 11.3 Å². The highest BCUT2D eigenvalue weighted by Crippen LogP contribution is 2.31. The summed E-state index contributed by atoms with van der Waals surface area (Å²) >= 11 is 0. The summed E-state index contributed by atoms with van der Waals surface area (Å²) in [6, 6.07) is 22.6. The van der Waals surface area contributed by atoms with Gasteiger partial charge in [0.25, 0.3) is 0 Å². The van der Waals surface area contributed by atoms with Crippen LogP contribution in [0.5, 0.6) is 0 Å². The third kappa shape index (κ3) is 3.36. The molecule has 0 saturated heterocycles. The number of fused-ring (bicyclic) bond motifs is 2. The summed E-state index contributed by atoms with van der Waals surface area (Å²) in [5.41, 5.74) is 9.69. The number of nitrogen functional groups attached to an aromatic ring is 1. The Kier molecular flexibility index (Phi) is 4.55. The molecular weight excluding hydrogens is 395 g/mol. The summed E-state index contributed by atoms with van der Waals surface area (Å²) < 4.78 is 21.0. The minimum absolute atomic E-state index is 0.0900. The number of rotatable bonds is 4. The van der Waals surface area contributed by atoms with Gasteiger partial charge in [-0.3, -0.25) is 4.57 Å². The molecule has 7 heteroatoms. The molecule has 0 aliphatic carbocycles. The zero-order valence-electron chi connectivity index (χ0n) is 16.3. The number of nitrogens with zero attached hydrogens (tertiary/aromatic N) is 3. The summed E-state index contributed by atoms with van der Waals surface area (Å²) in [6.45, 7) is 0.0900. The van der Waals surface area contributed by atoms with Gasteiger partial charge in [0, 0.05) is 0 Å². The number of ether oxygens (including phenoxy) is 1. The van der Waals surface area contributed by atoms with E-state index >= 15 is 0 Å². The lowest BCUT2D eigenvalue weighted by molar-refractivity contribution is 0.0476. The average molecular weight is 412 g/mol. The zero-order valence-corrected chi connectivity index (χ0v) is 16.3. The number of benzene rings is 3. The van der Waals surface area contributed by atoms with Gasteiger partial charge in [-0.25, -0.2) is 19.2 Å². The highest BCUT2D eigenvalue weighted by atomic mass is 19.1. The first-order chi connectivity index (χ1) is 15.1. The minimum Gasteiger partial charge on any atom is -0.457 e. The van der Waals surface area contributed by atoms with Crippen molar-refractivity contribution in [2.45, 2.75) is 6.61 Å². The maximum atomic E-state index is 13.9. The van der Waals surface area contributed by atoms with Gasteiger partial charge in [0.15, 0.2) is 5.65 Å². The van der Waals surface area contributed by atoms with Crippen molar-refractivity contribution in [3.8, 4) is 5.69 Å². The molecule has 0 unspecified atom stereocenters. The largest absolute Gasteiger partial charge is 0.457 e. The van der Waals surface area contributed by atoms with E-state index in [9.17, 15) is 9.18 Å². The number of anilines is 1. The number of hydrogen-bond donors (Lipinski definition) is 1. The van der Waals surface area contributed by atoms with Crippen LogP contribution in [0.2, 0.25) is 0 Å². The van der Waals surface area contributed by atoms with Crippen molar-refractivity contribution < 1.29 is 13.9 Å². The van der Waals surface area contributed by atoms with Gasteiger partial charge in [-0.05, 0) is 35.9 Å². The van der Waals surface area contributed by atoms with Crippen LogP contribution in [0.1, 0.15) is 15.9 Å². The fraction of sp³-hybridized carbons (Fsp3) is 0.0417. The molecule has 5 rings (SSSR count). The normalized spacial score (nSPS) is 11.1. The van der Waals surface area contributed by atoms with Gasteiger partial charge >= 0.3 is 5.97 Å². The van der Waals surface area contributed by atoms with Crippen molar-refractivity contribution in [3.63, 3.8) is 0 Å². The Morgan fingerprint density at radius 2 is 1.65 bits per heavy atom. The van der Waals surface area contributed by atoms with E-state index in [0.717, 1.165) is 5.56 Å². The molecule has 2 aromatic heterocycles. The van der Waals surface area contributed by atoms with E-state index in [1.54, 1.807) is 18.2 Å². The summed E-state index contributed by atoms with van der Waals surface area (Å²) in [5.74, 6) is -0.958. The first-order valence-corrected chi connectivity index (χ1v) is 9.65. The van der Waals surface area contributed by atoms with Gasteiger partial charge in [-0.2, -0.15) is 0 Å². The lowest BCUT2D eigenvalue weighted by Crippen LogP contribution is -2.09. The van der Waals surface area contributed by atoms with E-state index in [4.69, 9.17) is 10.5 Å². The zero-order chi connectivity index (χ0) is 21.4. The van der Waals surface area contributed by atoms with E-state index in [1.807, 2.05) is 48.5 Å². The second-order valence-electron chi connectivity index (χ2n) is 7.02. The summed E-state index contributed by atoms with van der Waals surface area (Å²) in [6.07, 6.45) is 0. The number of nitrogens with two attached hydrogens (primary N) is 1. The molecule has 0 amide bonds. The van der Waals surface area contributed by atoms with E-state index in [1.165, 1.54) is 16.7 Å². The molecule has 0 radical (unpaired) electrons. The molecule has 0 saturated carbocycles. The third-order valence-electron chi connectivity index (χ3n) is 4.98. The van der Waals surface area contributed by atoms with Gasteiger partial charge in [0.2, 0.25) is 0 Å². The molecule has 0 aliphatic rings. The number of carbonyl (C=O) groups is 1. The number of aromatic nitrogens is 3. The number of esters is 1. The molecule has 0 spiro atoms. The lowest BCUT2D eigenvalue weighted by Gasteiger charge is -2.08. The van der Waals surface area contributed by atoms with Gasteiger partial charge < -0.3 is 10.5 Å². The second-order valence-corrected chi connectivity index (χ2v) is 7.02. The molecule has 31 heavy (non-hydrogen) atoms. The Hall–Kier alpha value is -4.26. The third-order valence-corrected chi connectivity index (χ3v) is 4.98. The Balaban J connectivity index is 1.69. The smallest absolute Gasteiger partial charge is 0.344 e. The van der Waals surface area contributed by atoms with Gasteiger partial charge in [0.05, 0.1) is 16.7 Å². The monoisotopic (exact) mass is 412 g/mol. The molecule has 0 atom stereocenters. The van der Waals surface area contributed by atoms with E-state index in [-0.39, 0.29) is 18.0 Å². The molecular formula is C24H17FN4O2. The first kappa shape index (κ1) is 18.7. The van der Waals surface area contributed by atoms with Crippen molar-refractivity contribution in [1.29, 1.82) is 0 Å². The first-order valence-electron chi connectivity index (χ1n) is 9.65. The van der Waals surface area contributed by atoms with Crippen LogP contribution < -0.4 is 5.73 Å².